The molecule has 2 aromatic rings. The third-order valence-corrected chi connectivity index (χ3v) is 8.94. The molecule has 0 radical (unpaired) electrons. The molecule has 2 fully saturated rings. The Balaban J connectivity index is 1.56. The molecule has 0 saturated carbocycles. The van der Waals surface area contributed by atoms with Crippen LogP contribution in [0.2, 0.25) is 0 Å². The van der Waals surface area contributed by atoms with Gasteiger partial charge in [-0.3, -0.25) is 0 Å². The quantitative estimate of drug-likeness (QED) is 0.298. The van der Waals surface area contributed by atoms with Gasteiger partial charge in [-0.15, -0.1) is 0 Å². The minimum Gasteiger partial charge on any atom is -0.368 e. The molecule has 210 valence electrons. The van der Waals surface area contributed by atoms with E-state index in [1.165, 1.54) is 0 Å². The Bertz CT molecular complexity index is 964. The van der Waals surface area contributed by atoms with Gasteiger partial charge in [0, 0.05) is 13.8 Å². The summed E-state index contributed by atoms with van der Waals surface area (Å²) in [5.41, 5.74) is 2.22. The Labute approximate surface area is 232 Å². The predicted molar refractivity (Wildman–Crippen MR) is 155 cm³/mol. The second-order valence-electron chi connectivity index (χ2n) is 10.8. The maximum absolute atomic E-state index is 6.89. The first-order valence-electron chi connectivity index (χ1n) is 13.7. The van der Waals surface area contributed by atoms with Gasteiger partial charge in [-0.2, -0.15) is 0 Å². The number of ether oxygens (including phenoxy) is 5. The van der Waals surface area contributed by atoms with Crippen LogP contribution in [-0.4, -0.2) is 49.8 Å². The van der Waals surface area contributed by atoms with Gasteiger partial charge >= 0.3 is 0 Å². The summed E-state index contributed by atoms with van der Waals surface area (Å²) in [5, 5.41) is 0. The lowest BCUT2D eigenvalue weighted by molar-refractivity contribution is -0.339. The van der Waals surface area contributed by atoms with Gasteiger partial charge in [-0.25, -0.2) is 0 Å². The van der Waals surface area contributed by atoms with Crippen molar-refractivity contribution in [2.24, 2.45) is 17.8 Å². The summed E-state index contributed by atoms with van der Waals surface area (Å²) in [4.78, 5) is 0. The molecule has 2 aliphatic heterocycles. The van der Waals surface area contributed by atoms with Crippen molar-refractivity contribution in [3.63, 3.8) is 0 Å². The molecule has 4 rings (SSSR count). The molecular formula is C30H44O6P2. The van der Waals surface area contributed by atoms with Crippen LogP contribution in [0.5, 0.6) is 0 Å². The maximum Gasteiger partial charge on any atom is 0.190 e. The van der Waals surface area contributed by atoms with E-state index >= 15 is 0 Å². The highest BCUT2D eigenvalue weighted by atomic mass is 32.0. The minimum absolute atomic E-state index is 0.0467. The standard InChI is InChI=1S/C30H44O6P2/c1-19-20(2)27(31-17-24-13-9-7-10-14-24)29(33-22(19)4)35-26-21(3)23(5)34-30(36-38(6)37)28(26)32-18-25-15-11-8-12-16-25/h7-16,19-23,26-30H,17-18,37H2,1-6H3. The second-order valence-corrected chi connectivity index (χ2v) is 14.3. The van der Waals surface area contributed by atoms with Crippen molar-refractivity contribution in [1.82, 2.24) is 0 Å². The lowest BCUT2D eigenvalue weighted by Crippen LogP contribution is -2.59. The Morgan fingerprint density at radius 1 is 0.658 bits per heavy atom. The molecule has 38 heavy (non-hydrogen) atoms. The van der Waals surface area contributed by atoms with Gasteiger partial charge in [0.05, 0.1) is 31.5 Å². The first-order valence-corrected chi connectivity index (χ1v) is 17.0. The molecule has 2 aliphatic rings. The molecule has 0 spiro atoms. The van der Waals surface area contributed by atoms with Crippen LogP contribution in [0, 0.1) is 17.8 Å². The lowest BCUT2D eigenvalue weighted by Gasteiger charge is -2.49. The van der Waals surface area contributed by atoms with Crippen molar-refractivity contribution in [2.75, 3.05) is 6.66 Å². The summed E-state index contributed by atoms with van der Waals surface area (Å²) < 4.78 is 39.0. The highest BCUT2D eigenvalue weighted by Gasteiger charge is 2.49. The first kappa shape index (κ1) is 30.0. The Kier molecular flexibility index (Phi) is 11.1. The molecule has 8 heteroatoms. The zero-order valence-electron chi connectivity index (χ0n) is 23.4. The van der Waals surface area contributed by atoms with Gasteiger partial charge in [0.1, 0.15) is 12.2 Å². The van der Waals surface area contributed by atoms with E-state index in [0.29, 0.717) is 19.1 Å². The van der Waals surface area contributed by atoms with Crippen LogP contribution in [0.15, 0.2) is 60.7 Å². The van der Waals surface area contributed by atoms with Crippen molar-refractivity contribution >= 4 is 16.8 Å². The number of hydrogen-bond donors (Lipinski definition) is 0. The van der Waals surface area contributed by atoms with E-state index < -0.39 is 26.5 Å². The summed E-state index contributed by atoms with van der Waals surface area (Å²) in [5.74, 6) is 0.654. The van der Waals surface area contributed by atoms with E-state index in [2.05, 4.69) is 67.8 Å². The molecule has 0 aromatic heterocycles. The van der Waals surface area contributed by atoms with Crippen molar-refractivity contribution in [3.8, 4) is 0 Å². The summed E-state index contributed by atoms with van der Waals surface area (Å²) in [6.45, 7) is 13.8. The molecule has 0 N–H and O–H groups in total. The summed E-state index contributed by atoms with van der Waals surface area (Å²) in [6.07, 6.45) is -2.02. The molecule has 0 amide bonds. The van der Waals surface area contributed by atoms with Gasteiger partial charge in [0.25, 0.3) is 0 Å². The predicted octanol–water partition coefficient (Wildman–Crippen LogP) is 6.77. The monoisotopic (exact) mass is 562 g/mol. The molecule has 2 saturated heterocycles. The molecule has 2 heterocycles. The fourth-order valence-electron chi connectivity index (χ4n) is 5.17. The summed E-state index contributed by atoms with van der Waals surface area (Å²) in [6, 6.07) is 20.4. The van der Waals surface area contributed by atoms with Crippen LogP contribution in [0.3, 0.4) is 0 Å². The Morgan fingerprint density at radius 3 is 1.71 bits per heavy atom. The number of rotatable bonds is 10. The first-order chi connectivity index (χ1) is 18.2. The van der Waals surface area contributed by atoms with Gasteiger partial charge < -0.3 is 28.2 Å². The zero-order valence-corrected chi connectivity index (χ0v) is 25.5. The van der Waals surface area contributed by atoms with Gasteiger partial charge in [-0.1, -0.05) is 90.4 Å². The SMILES string of the molecule is CC1OC(OC2C(C)C(C)OC(OP(C)P)C2OCc2ccccc2)C(OCc2ccccc2)C(C)C1C. The van der Waals surface area contributed by atoms with E-state index in [9.17, 15) is 0 Å². The van der Waals surface area contributed by atoms with Crippen LogP contribution in [-0.2, 0) is 41.4 Å². The van der Waals surface area contributed by atoms with Crippen LogP contribution in [0.1, 0.15) is 45.7 Å². The molecule has 6 nitrogen and oxygen atoms in total. The topological polar surface area (TPSA) is 55.4 Å². The third-order valence-electron chi connectivity index (χ3n) is 8.04. The smallest absolute Gasteiger partial charge is 0.190 e. The highest BCUT2D eigenvalue weighted by Crippen LogP contribution is 2.46. The molecule has 12 unspecified atom stereocenters. The van der Waals surface area contributed by atoms with E-state index in [-0.39, 0.29) is 36.3 Å². The number of benzene rings is 2. The van der Waals surface area contributed by atoms with Gasteiger partial charge in [-0.05, 0) is 43.5 Å². The van der Waals surface area contributed by atoms with Crippen LogP contribution >= 0.6 is 16.8 Å². The molecule has 0 aliphatic carbocycles. The van der Waals surface area contributed by atoms with Crippen molar-refractivity contribution in [2.45, 2.75) is 90.9 Å². The fourth-order valence-corrected chi connectivity index (χ4v) is 6.03. The molecular weight excluding hydrogens is 518 g/mol. The van der Waals surface area contributed by atoms with Crippen LogP contribution in [0.4, 0.5) is 0 Å². The summed E-state index contributed by atoms with van der Waals surface area (Å²) >= 11 is 0. The maximum atomic E-state index is 6.89. The van der Waals surface area contributed by atoms with E-state index in [1.54, 1.807) is 0 Å². The van der Waals surface area contributed by atoms with Gasteiger partial charge in [0.2, 0.25) is 0 Å². The largest absolute Gasteiger partial charge is 0.368 e. The van der Waals surface area contributed by atoms with E-state index in [1.807, 2.05) is 43.1 Å². The minimum atomic E-state index is -0.747. The van der Waals surface area contributed by atoms with Crippen molar-refractivity contribution in [1.29, 1.82) is 0 Å². The molecule has 0 bridgehead atoms. The van der Waals surface area contributed by atoms with Crippen LogP contribution < -0.4 is 0 Å². The van der Waals surface area contributed by atoms with Gasteiger partial charge in [0.15, 0.2) is 12.6 Å². The van der Waals surface area contributed by atoms with Crippen molar-refractivity contribution < 1.29 is 28.2 Å². The second kappa shape index (κ2) is 14.1. The van der Waals surface area contributed by atoms with E-state index in [4.69, 9.17) is 28.2 Å². The fraction of sp³-hybridized carbons (Fsp3) is 0.600. The zero-order chi connectivity index (χ0) is 27.2. The Hall–Kier alpha value is -0.940. The van der Waals surface area contributed by atoms with E-state index in [0.717, 1.165) is 11.1 Å². The summed E-state index contributed by atoms with van der Waals surface area (Å²) in [7, 11) is 2.00. The van der Waals surface area contributed by atoms with Crippen molar-refractivity contribution in [3.05, 3.63) is 71.8 Å². The molecule has 2 aromatic carbocycles. The highest BCUT2D eigenvalue weighted by molar-refractivity contribution is 8.10. The average Bonchev–Trinajstić information content (AvgIpc) is 2.90. The normalized spacial score (nSPS) is 36.6. The lowest BCUT2D eigenvalue weighted by atomic mass is 9.83. The number of hydrogen-bond acceptors (Lipinski definition) is 6. The Morgan fingerprint density at radius 2 is 1.16 bits per heavy atom. The average molecular weight is 563 g/mol. The van der Waals surface area contributed by atoms with Crippen LogP contribution in [0.25, 0.3) is 0 Å². The third kappa shape index (κ3) is 7.62. The molecule has 12 atom stereocenters.